The van der Waals surface area contributed by atoms with Gasteiger partial charge in [-0.25, -0.2) is 9.37 Å². The Bertz CT molecular complexity index is 575. The molecule has 2 unspecified atom stereocenters. The first-order valence-electron chi connectivity index (χ1n) is 7.42. The lowest BCUT2D eigenvalue weighted by atomic mass is 10.0. The molecule has 21 heavy (non-hydrogen) atoms. The summed E-state index contributed by atoms with van der Waals surface area (Å²) in [6, 6.07) is 6.91. The molecule has 0 aliphatic heterocycles. The van der Waals surface area contributed by atoms with Crippen LogP contribution in [0.5, 0.6) is 0 Å². The molecular formula is C17H20FN3. The number of hydrogen-bond acceptors (Lipinski definition) is 2. The van der Waals surface area contributed by atoms with Crippen molar-refractivity contribution in [3.63, 3.8) is 0 Å². The standard InChI is InChI=1S/C17H20FN3/c18-16-7-5-15(6-8-16)17(12-21-10-9-19-13-21)20-11-14-3-1-2-4-14/h1,3,5-10,13-14,17,20H,2,4,11-12H2. The van der Waals surface area contributed by atoms with Crippen molar-refractivity contribution in [2.75, 3.05) is 6.54 Å². The zero-order chi connectivity index (χ0) is 14.5. The maximum absolute atomic E-state index is 13.1. The summed E-state index contributed by atoms with van der Waals surface area (Å²) in [5.41, 5.74) is 1.10. The predicted molar refractivity (Wildman–Crippen MR) is 81.2 cm³/mol. The van der Waals surface area contributed by atoms with Crippen LogP contribution in [0.15, 0.2) is 55.1 Å². The van der Waals surface area contributed by atoms with E-state index in [1.807, 2.05) is 29.2 Å². The molecule has 0 spiro atoms. The molecule has 1 aromatic heterocycles. The zero-order valence-electron chi connectivity index (χ0n) is 12.0. The number of nitrogens with zero attached hydrogens (tertiary/aromatic N) is 2. The topological polar surface area (TPSA) is 29.9 Å². The van der Waals surface area contributed by atoms with Gasteiger partial charge in [-0.05, 0) is 36.5 Å². The zero-order valence-corrected chi connectivity index (χ0v) is 12.0. The third-order valence-corrected chi connectivity index (χ3v) is 3.96. The number of aromatic nitrogens is 2. The largest absolute Gasteiger partial charge is 0.336 e. The van der Waals surface area contributed by atoms with E-state index < -0.39 is 0 Å². The van der Waals surface area contributed by atoms with Crippen LogP contribution < -0.4 is 5.32 Å². The first-order chi connectivity index (χ1) is 10.3. The van der Waals surface area contributed by atoms with Gasteiger partial charge in [0.05, 0.1) is 12.4 Å². The normalized spacial score (nSPS) is 19.0. The minimum Gasteiger partial charge on any atom is -0.336 e. The smallest absolute Gasteiger partial charge is 0.123 e. The quantitative estimate of drug-likeness (QED) is 0.825. The molecule has 4 heteroatoms. The van der Waals surface area contributed by atoms with Crippen molar-refractivity contribution in [1.82, 2.24) is 14.9 Å². The second-order valence-corrected chi connectivity index (χ2v) is 5.54. The summed E-state index contributed by atoms with van der Waals surface area (Å²) in [5, 5.41) is 3.61. The highest BCUT2D eigenvalue weighted by Gasteiger charge is 2.15. The molecule has 1 aliphatic carbocycles. The summed E-state index contributed by atoms with van der Waals surface area (Å²) in [5.74, 6) is 0.412. The highest BCUT2D eigenvalue weighted by Crippen LogP contribution is 2.20. The monoisotopic (exact) mass is 285 g/mol. The average molecular weight is 285 g/mol. The molecule has 0 bridgehead atoms. The molecule has 1 aliphatic rings. The first kappa shape index (κ1) is 14.0. The Morgan fingerprint density at radius 1 is 1.33 bits per heavy atom. The van der Waals surface area contributed by atoms with E-state index in [0.29, 0.717) is 5.92 Å². The number of halogens is 1. The number of allylic oxidation sites excluding steroid dienone is 1. The van der Waals surface area contributed by atoms with Gasteiger partial charge in [-0.1, -0.05) is 24.3 Å². The number of rotatable bonds is 6. The second-order valence-electron chi connectivity index (χ2n) is 5.54. The van der Waals surface area contributed by atoms with Gasteiger partial charge < -0.3 is 9.88 Å². The van der Waals surface area contributed by atoms with Crippen molar-refractivity contribution in [2.45, 2.75) is 25.4 Å². The molecule has 1 aromatic carbocycles. The lowest BCUT2D eigenvalue weighted by molar-refractivity contribution is 0.429. The second kappa shape index (κ2) is 6.68. The van der Waals surface area contributed by atoms with Crippen molar-refractivity contribution < 1.29 is 4.39 Å². The SMILES string of the molecule is Fc1ccc(C(Cn2ccnc2)NCC2C=CCC2)cc1. The van der Waals surface area contributed by atoms with E-state index in [1.54, 1.807) is 6.20 Å². The van der Waals surface area contributed by atoms with Crippen molar-refractivity contribution in [3.05, 3.63) is 66.5 Å². The molecule has 1 heterocycles. The number of benzene rings is 1. The van der Waals surface area contributed by atoms with Gasteiger partial charge in [-0.2, -0.15) is 0 Å². The van der Waals surface area contributed by atoms with Gasteiger partial charge in [0, 0.05) is 25.5 Å². The Labute approximate surface area is 124 Å². The van der Waals surface area contributed by atoms with Crippen LogP contribution in [0.2, 0.25) is 0 Å². The number of hydrogen-bond donors (Lipinski definition) is 1. The molecule has 0 fully saturated rings. The Morgan fingerprint density at radius 2 is 2.19 bits per heavy atom. The van der Waals surface area contributed by atoms with E-state index in [4.69, 9.17) is 0 Å². The fourth-order valence-corrected chi connectivity index (χ4v) is 2.75. The van der Waals surface area contributed by atoms with E-state index >= 15 is 0 Å². The van der Waals surface area contributed by atoms with Crippen molar-refractivity contribution in [1.29, 1.82) is 0 Å². The summed E-state index contributed by atoms with van der Waals surface area (Å²) in [6.07, 6.45) is 12.5. The molecule has 0 radical (unpaired) electrons. The molecule has 0 saturated carbocycles. The van der Waals surface area contributed by atoms with Crippen LogP contribution in [0.4, 0.5) is 4.39 Å². The van der Waals surface area contributed by atoms with Crippen LogP contribution in [0, 0.1) is 11.7 Å². The van der Waals surface area contributed by atoms with Crippen LogP contribution in [0.3, 0.4) is 0 Å². The number of nitrogens with one attached hydrogen (secondary N) is 1. The Hall–Kier alpha value is -1.94. The van der Waals surface area contributed by atoms with E-state index in [2.05, 4.69) is 22.5 Å². The molecular weight excluding hydrogens is 265 g/mol. The highest BCUT2D eigenvalue weighted by molar-refractivity contribution is 5.20. The van der Waals surface area contributed by atoms with Gasteiger partial charge in [-0.3, -0.25) is 0 Å². The first-order valence-corrected chi connectivity index (χ1v) is 7.42. The summed E-state index contributed by atoms with van der Waals surface area (Å²) in [7, 11) is 0. The van der Waals surface area contributed by atoms with Gasteiger partial charge in [-0.15, -0.1) is 0 Å². The van der Waals surface area contributed by atoms with Crippen molar-refractivity contribution >= 4 is 0 Å². The van der Waals surface area contributed by atoms with Gasteiger partial charge in [0.2, 0.25) is 0 Å². The van der Waals surface area contributed by atoms with E-state index in [-0.39, 0.29) is 11.9 Å². The Balaban J connectivity index is 1.70. The summed E-state index contributed by atoms with van der Waals surface area (Å²) >= 11 is 0. The van der Waals surface area contributed by atoms with Crippen molar-refractivity contribution in [3.8, 4) is 0 Å². The molecule has 2 aromatic rings. The lowest BCUT2D eigenvalue weighted by Crippen LogP contribution is -2.29. The summed E-state index contributed by atoms with van der Waals surface area (Å²) in [6.45, 7) is 1.75. The van der Waals surface area contributed by atoms with E-state index in [0.717, 1.165) is 18.7 Å². The fraction of sp³-hybridized carbons (Fsp3) is 0.353. The molecule has 2 atom stereocenters. The van der Waals surface area contributed by atoms with Gasteiger partial charge >= 0.3 is 0 Å². The van der Waals surface area contributed by atoms with Gasteiger partial charge in [0.25, 0.3) is 0 Å². The molecule has 3 nitrogen and oxygen atoms in total. The molecule has 110 valence electrons. The average Bonchev–Trinajstić information content (AvgIpc) is 3.18. The van der Waals surface area contributed by atoms with Gasteiger partial charge in [0.15, 0.2) is 0 Å². The maximum atomic E-state index is 13.1. The third kappa shape index (κ3) is 3.79. The maximum Gasteiger partial charge on any atom is 0.123 e. The summed E-state index contributed by atoms with van der Waals surface area (Å²) < 4.78 is 15.2. The molecule has 0 amide bonds. The van der Waals surface area contributed by atoms with Crippen LogP contribution in [-0.4, -0.2) is 16.1 Å². The lowest BCUT2D eigenvalue weighted by Gasteiger charge is -2.21. The van der Waals surface area contributed by atoms with Crippen LogP contribution in [0.25, 0.3) is 0 Å². The summed E-state index contributed by atoms with van der Waals surface area (Å²) in [4.78, 5) is 4.08. The fourth-order valence-electron chi connectivity index (χ4n) is 2.75. The minimum absolute atomic E-state index is 0.161. The Morgan fingerprint density at radius 3 is 2.86 bits per heavy atom. The molecule has 0 saturated heterocycles. The predicted octanol–water partition coefficient (Wildman–Crippen LogP) is 3.32. The molecule has 1 N–H and O–H groups in total. The van der Waals surface area contributed by atoms with Crippen molar-refractivity contribution in [2.24, 2.45) is 5.92 Å². The third-order valence-electron chi connectivity index (χ3n) is 3.96. The highest BCUT2D eigenvalue weighted by atomic mass is 19.1. The van der Waals surface area contributed by atoms with Crippen LogP contribution in [-0.2, 0) is 6.54 Å². The molecule has 3 rings (SSSR count). The number of imidazole rings is 1. The van der Waals surface area contributed by atoms with E-state index in [9.17, 15) is 4.39 Å². The van der Waals surface area contributed by atoms with E-state index in [1.165, 1.54) is 25.0 Å². The van der Waals surface area contributed by atoms with Gasteiger partial charge in [0.1, 0.15) is 5.82 Å². The van der Waals surface area contributed by atoms with Crippen LogP contribution >= 0.6 is 0 Å². The minimum atomic E-state index is -0.196. The van der Waals surface area contributed by atoms with Crippen LogP contribution in [0.1, 0.15) is 24.4 Å². The Kier molecular flexibility index (Phi) is 4.46.